The van der Waals surface area contributed by atoms with Crippen molar-refractivity contribution >= 4 is 5.78 Å². The number of ether oxygens (including phenoxy) is 2. The van der Waals surface area contributed by atoms with Gasteiger partial charge in [0.1, 0.15) is 24.4 Å². The first-order chi connectivity index (χ1) is 12.6. The molecule has 8 nitrogen and oxygen atoms in total. The van der Waals surface area contributed by atoms with Crippen LogP contribution in [0.25, 0.3) is 0 Å². The average molecular weight is 386 g/mol. The summed E-state index contributed by atoms with van der Waals surface area (Å²) in [6.07, 6.45) is -3.24. The van der Waals surface area contributed by atoms with Crippen LogP contribution in [0.3, 0.4) is 0 Å². The van der Waals surface area contributed by atoms with Gasteiger partial charge in [0, 0.05) is 5.41 Å². The van der Waals surface area contributed by atoms with Crippen LogP contribution in [0.4, 0.5) is 0 Å². The summed E-state index contributed by atoms with van der Waals surface area (Å²) < 4.78 is 11.1. The topological polar surface area (TPSA) is 137 Å². The fourth-order valence-corrected chi connectivity index (χ4v) is 3.83. The zero-order valence-electron chi connectivity index (χ0n) is 15.9. The number of carbonyl (C=O) groups excluding carboxylic acids is 1. The molecule has 0 bridgehead atoms. The minimum absolute atomic E-state index is 0.0433. The first kappa shape index (κ1) is 22.2. The van der Waals surface area contributed by atoms with Crippen LogP contribution in [0.5, 0.6) is 0 Å². The van der Waals surface area contributed by atoms with E-state index in [9.17, 15) is 30.3 Å². The van der Waals surface area contributed by atoms with Gasteiger partial charge in [0.25, 0.3) is 0 Å². The molecule has 0 aromatic carbocycles. The van der Waals surface area contributed by atoms with Crippen LogP contribution in [0.2, 0.25) is 0 Å². The van der Waals surface area contributed by atoms with Crippen LogP contribution in [-0.2, 0) is 14.3 Å². The lowest BCUT2D eigenvalue weighted by molar-refractivity contribution is -0.305. The standard InChI is InChI=1S/C19H30O8/c1-10-6-12(22)7-19(3,13(10)5-4-11(2)21)9-26-18-17(25)16(24)15(23)14(8-20)27-18/h4-5,12,14-18,20,22-25H,6-9H2,1-3H3. The first-order valence-corrected chi connectivity index (χ1v) is 9.08. The molecular formula is C19H30O8. The van der Waals surface area contributed by atoms with Crippen molar-refractivity contribution in [2.24, 2.45) is 5.41 Å². The first-order valence-electron chi connectivity index (χ1n) is 9.08. The van der Waals surface area contributed by atoms with E-state index in [1.807, 2.05) is 13.8 Å². The highest BCUT2D eigenvalue weighted by molar-refractivity contribution is 5.87. The summed E-state index contributed by atoms with van der Waals surface area (Å²) in [7, 11) is 0. The molecule has 7 unspecified atom stereocenters. The van der Waals surface area contributed by atoms with Crippen LogP contribution < -0.4 is 0 Å². The molecule has 2 aliphatic rings. The van der Waals surface area contributed by atoms with Gasteiger partial charge >= 0.3 is 0 Å². The van der Waals surface area contributed by atoms with E-state index in [0.29, 0.717) is 12.8 Å². The van der Waals surface area contributed by atoms with E-state index in [2.05, 4.69) is 0 Å². The molecule has 1 heterocycles. The van der Waals surface area contributed by atoms with Crippen molar-refractivity contribution in [2.75, 3.05) is 13.2 Å². The third-order valence-corrected chi connectivity index (χ3v) is 5.24. The molecule has 1 aliphatic heterocycles. The molecule has 5 N–H and O–H groups in total. The van der Waals surface area contributed by atoms with Crippen molar-refractivity contribution in [3.8, 4) is 0 Å². The highest BCUT2D eigenvalue weighted by atomic mass is 16.7. The molecule has 1 fully saturated rings. The van der Waals surface area contributed by atoms with E-state index in [1.54, 1.807) is 6.08 Å². The molecule has 0 radical (unpaired) electrons. The smallest absolute Gasteiger partial charge is 0.186 e. The second kappa shape index (κ2) is 8.91. The summed E-state index contributed by atoms with van der Waals surface area (Å²) in [6, 6.07) is 0. The fourth-order valence-electron chi connectivity index (χ4n) is 3.83. The van der Waals surface area contributed by atoms with Gasteiger partial charge in [-0.05, 0) is 38.3 Å². The molecule has 8 heteroatoms. The summed E-state index contributed by atoms with van der Waals surface area (Å²) in [4.78, 5) is 11.3. The summed E-state index contributed by atoms with van der Waals surface area (Å²) in [5.74, 6) is -0.0985. The summed E-state index contributed by atoms with van der Waals surface area (Å²) in [6.45, 7) is 4.72. The van der Waals surface area contributed by atoms with Gasteiger partial charge < -0.3 is 35.0 Å². The largest absolute Gasteiger partial charge is 0.394 e. The second-order valence-corrected chi connectivity index (χ2v) is 7.77. The van der Waals surface area contributed by atoms with E-state index in [-0.39, 0.29) is 12.4 Å². The molecule has 27 heavy (non-hydrogen) atoms. The molecule has 2 rings (SSSR count). The highest BCUT2D eigenvalue weighted by Crippen LogP contribution is 2.42. The molecule has 0 amide bonds. The number of aliphatic hydroxyl groups is 5. The lowest BCUT2D eigenvalue weighted by atomic mass is 9.70. The van der Waals surface area contributed by atoms with Gasteiger partial charge in [0.2, 0.25) is 0 Å². The number of hydrogen-bond acceptors (Lipinski definition) is 8. The normalized spacial score (nSPS) is 40.6. The fraction of sp³-hybridized carbons (Fsp3) is 0.737. The Hall–Kier alpha value is -1.13. The Morgan fingerprint density at radius 1 is 1.26 bits per heavy atom. The minimum Gasteiger partial charge on any atom is -0.394 e. The van der Waals surface area contributed by atoms with Crippen molar-refractivity contribution in [3.05, 3.63) is 23.3 Å². The quantitative estimate of drug-likeness (QED) is 0.383. The van der Waals surface area contributed by atoms with Gasteiger partial charge in [0.15, 0.2) is 12.1 Å². The summed E-state index contributed by atoms with van der Waals surface area (Å²) in [5, 5.41) is 49.3. The molecule has 1 saturated heterocycles. The lowest BCUT2D eigenvalue weighted by Gasteiger charge is -2.43. The number of ketones is 1. The number of aliphatic hydroxyl groups excluding tert-OH is 5. The van der Waals surface area contributed by atoms with Crippen molar-refractivity contribution in [2.45, 2.75) is 70.4 Å². The zero-order valence-corrected chi connectivity index (χ0v) is 15.9. The molecule has 0 aromatic rings. The zero-order chi connectivity index (χ0) is 20.4. The predicted molar refractivity (Wildman–Crippen MR) is 95.6 cm³/mol. The average Bonchev–Trinajstić information content (AvgIpc) is 2.58. The second-order valence-electron chi connectivity index (χ2n) is 7.77. The molecule has 0 saturated carbocycles. The van der Waals surface area contributed by atoms with Crippen molar-refractivity contribution < 1.29 is 39.8 Å². The third-order valence-electron chi connectivity index (χ3n) is 5.24. The van der Waals surface area contributed by atoms with Crippen LogP contribution >= 0.6 is 0 Å². The SMILES string of the molecule is CC(=O)C=CC1=C(C)CC(O)CC1(C)COC1OC(CO)C(O)C(O)C1O. The highest BCUT2D eigenvalue weighted by Gasteiger charge is 2.45. The van der Waals surface area contributed by atoms with Crippen molar-refractivity contribution in [1.29, 1.82) is 0 Å². The van der Waals surface area contributed by atoms with Crippen molar-refractivity contribution in [3.63, 3.8) is 0 Å². The van der Waals surface area contributed by atoms with E-state index in [0.717, 1.165) is 11.1 Å². The maximum Gasteiger partial charge on any atom is 0.186 e. The van der Waals surface area contributed by atoms with Gasteiger partial charge in [-0.3, -0.25) is 4.79 Å². The van der Waals surface area contributed by atoms with Gasteiger partial charge in [-0.2, -0.15) is 0 Å². The van der Waals surface area contributed by atoms with E-state index in [4.69, 9.17) is 9.47 Å². The Kier molecular flexibility index (Phi) is 7.32. The Morgan fingerprint density at radius 2 is 1.93 bits per heavy atom. The Balaban J connectivity index is 2.17. The summed E-state index contributed by atoms with van der Waals surface area (Å²) in [5.41, 5.74) is 1.16. The molecule has 0 spiro atoms. The predicted octanol–water partition coefficient (Wildman–Crippen LogP) is -0.574. The van der Waals surface area contributed by atoms with Crippen LogP contribution in [0.1, 0.15) is 33.6 Å². The molecule has 7 atom stereocenters. The van der Waals surface area contributed by atoms with E-state index >= 15 is 0 Å². The van der Waals surface area contributed by atoms with Gasteiger partial charge in [-0.25, -0.2) is 0 Å². The van der Waals surface area contributed by atoms with Gasteiger partial charge in [0.05, 0.1) is 19.3 Å². The third kappa shape index (κ3) is 5.03. The molecule has 1 aliphatic carbocycles. The molecule has 154 valence electrons. The Morgan fingerprint density at radius 3 is 2.52 bits per heavy atom. The Bertz CT molecular complexity index is 599. The Labute approximate surface area is 158 Å². The van der Waals surface area contributed by atoms with Crippen molar-refractivity contribution in [1.82, 2.24) is 0 Å². The monoisotopic (exact) mass is 386 g/mol. The van der Waals surface area contributed by atoms with Crippen LogP contribution in [0, 0.1) is 5.41 Å². The number of hydrogen-bond donors (Lipinski definition) is 5. The van der Waals surface area contributed by atoms with Gasteiger partial charge in [-0.1, -0.05) is 18.6 Å². The van der Waals surface area contributed by atoms with Crippen LogP contribution in [0.15, 0.2) is 23.3 Å². The maximum absolute atomic E-state index is 11.3. The van der Waals surface area contributed by atoms with E-state index < -0.39 is 48.8 Å². The summed E-state index contributed by atoms with van der Waals surface area (Å²) >= 11 is 0. The number of allylic oxidation sites excluding steroid dienone is 2. The lowest BCUT2D eigenvalue weighted by Crippen LogP contribution is -2.59. The minimum atomic E-state index is -1.51. The van der Waals surface area contributed by atoms with Crippen LogP contribution in [-0.4, -0.2) is 81.3 Å². The number of rotatable bonds is 6. The molecule has 0 aromatic heterocycles. The molecular weight excluding hydrogens is 356 g/mol. The van der Waals surface area contributed by atoms with E-state index in [1.165, 1.54) is 13.0 Å². The number of carbonyl (C=O) groups is 1. The maximum atomic E-state index is 11.3. The van der Waals surface area contributed by atoms with Gasteiger partial charge in [-0.15, -0.1) is 0 Å².